The smallest absolute Gasteiger partial charge is 0.108 e. The van der Waals surface area contributed by atoms with Gasteiger partial charge in [-0.1, -0.05) is 22.9 Å². The van der Waals surface area contributed by atoms with Crippen molar-refractivity contribution in [2.75, 3.05) is 5.33 Å². The summed E-state index contributed by atoms with van der Waals surface area (Å²) >= 11 is 3.39. The van der Waals surface area contributed by atoms with E-state index in [1.165, 1.54) is 5.82 Å². The number of aromatic nitrogens is 2. The van der Waals surface area contributed by atoms with Gasteiger partial charge in [0.25, 0.3) is 0 Å². The van der Waals surface area contributed by atoms with Gasteiger partial charge in [0.2, 0.25) is 0 Å². The SMILES string of the molecule is CCc1nccn1CCBr. The number of alkyl halides is 1. The molecule has 0 aliphatic carbocycles. The van der Waals surface area contributed by atoms with E-state index in [4.69, 9.17) is 0 Å². The average Bonchev–Trinajstić information content (AvgIpc) is 2.36. The van der Waals surface area contributed by atoms with Crippen molar-refractivity contribution < 1.29 is 0 Å². The fourth-order valence-corrected chi connectivity index (χ4v) is 1.33. The second kappa shape index (κ2) is 3.76. The van der Waals surface area contributed by atoms with E-state index in [0.29, 0.717) is 0 Å². The first-order valence-corrected chi connectivity index (χ1v) is 4.56. The van der Waals surface area contributed by atoms with Crippen molar-refractivity contribution in [3.8, 4) is 0 Å². The lowest BCUT2D eigenvalue weighted by molar-refractivity contribution is 0.715. The third-order valence-corrected chi connectivity index (χ3v) is 1.80. The van der Waals surface area contributed by atoms with Gasteiger partial charge in [0, 0.05) is 30.7 Å². The molecule has 1 aromatic heterocycles. The Labute approximate surface area is 69.4 Å². The highest BCUT2D eigenvalue weighted by Crippen LogP contribution is 1.98. The molecule has 3 heteroatoms. The first-order valence-electron chi connectivity index (χ1n) is 3.44. The first kappa shape index (κ1) is 7.79. The van der Waals surface area contributed by atoms with Crippen molar-refractivity contribution in [3.63, 3.8) is 0 Å². The van der Waals surface area contributed by atoms with Gasteiger partial charge in [-0.25, -0.2) is 4.98 Å². The van der Waals surface area contributed by atoms with Gasteiger partial charge in [-0.2, -0.15) is 0 Å². The van der Waals surface area contributed by atoms with Crippen LogP contribution in [0.3, 0.4) is 0 Å². The Morgan fingerprint density at radius 2 is 2.50 bits per heavy atom. The zero-order valence-corrected chi connectivity index (χ0v) is 7.63. The molecule has 0 spiro atoms. The van der Waals surface area contributed by atoms with E-state index in [1.807, 2.05) is 12.4 Å². The highest BCUT2D eigenvalue weighted by Gasteiger charge is 1.96. The van der Waals surface area contributed by atoms with Gasteiger partial charge < -0.3 is 4.57 Å². The number of halogens is 1. The molecular formula is C7H11BrN2. The molecule has 0 radical (unpaired) electrons. The Morgan fingerprint density at radius 1 is 1.70 bits per heavy atom. The van der Waals surface area contributed by atoms with Crippen molar-refractivity contribution in [3.05, 3.63) is 18.2 Å². The van der Waals surface area contributed by atoms with Gasteiger partial charge in [0.15, 0.2) is 0 Å². The van der Waals surface area contributed by atoms with E-state index in [9.17, 15) is 0 Å². The van der Waals surface area contributed by atoms with E-state index in [0.717, 1.165) is 18.3 Å². The Balaban J connectivity index is 2.70. The molecule has 0 aliphatic rings. The summed E-state index contributed by atoms with van der Waals surface area (Å²) in [4.78, 5) is 4.20. The van der Waals surface area contributed by atoms with Crippen LogP contribution in [0.4, 0.5) is 0 Å². The lowest BCUT2D eigenvalue weighted by atomic mass is 10.4. The standard InChI is InChI=1S/C7H11BrN2/c1-2-7-9-4-6-10(7)5-3-8/h4,6H,2-3,5H2,1H3. The number of rotatable bonds is 3. The van der Waals surface area contributed by atoms with Crippen LogP contribution in [0.2, 0.25) is 0 Å². The maximum Gasteiger partial charge on any atom is 0.108 e. The number of nitrogens with zero attached hydrogens (tertiary/aromatic N) is 2. The van der Waals surface area contributed by atoms with Crippen LogP contribution in [0.1, 0.15) is 12.7 Å². The second-order valence-corrected chi connectivity index (χ2v) is 2.87. The molecule has 0 aliphatic heterocycles. The summed E-state index contributed by atoms with van der Waals surface area (Å²) in [6, 6.07) is 0. The van der Waals surface area contributed by atoms with Crippen molar-refractivity contribution >= 4 is 15.9 Å². The van der Waals surface area contributed by atoms with Crippen molar-refractivity contribution in [1.29, 1.82) is 0 Å². The third-order valence-electron chi connectivity index (χ3n) is 1.44. The maximum absolute atomic E-state index is 4.20. The molecule has 56 valence electrons. The quantitative estimate of drug-likeness (QED) is 0.685. The molecule has 2 nitrogen and oxygen atoms in total. The molecule has 0 saturated carbocycles. The summed E-state index contributed by atoms with van der Waals surface area (Å²) in [7, 11) is 0. The minimum Gasteiger partial charge on any atom is -0.334 e. The van der Waals surface area contributed by atoms with Crippen LogP contribution >= 0.6 is 15.9 Å². The Kier molecular flexibility index (Phi) is 2.93. The fraction of sp³-hybridized carbons (Fsp3) is 0.571. The second-order valence-electron chi connectivity index (χ2n) is 2.08. The maximum atomic E-state index is 4.20. The lowest BCUT2D eigenvalue weighted by Crippen LogP contribution is -2.02. The van der Waals surface area contributed by atoms with Gasteiger partial charge >= 0.3 is 0 Å². The minimum absolute atomic E-state index is 0.996. The molecule has 0 fully saturated rings. The highest BCUT2D eigenvalue weighted by molar-refractivity contribution is 9.09. The Bertz CT molecular complexity index is 195. The zero-order valence-electron chi connectivity index (χ0n) is 6.05. The van der Waals surface area contributed by atoms with Crippen LogP contribution in [-0.2, 0) is 13.0 Å². The van der Waals surface area contributed by atoms with E-state index in [2.05, 4.69) is 32.4 Å². The summed E-state index contributed by atoms with van der Waals surface area (Å²) in [5, 5.41) is 0.996. The minimum atomic E-state index is 0.996. The van der Waals surface area contributed by atoms with Crippen LogP contribution in [0.25, 0.3) is 0 Å². The normalized spacial score (nSPS) is 10.2. The fourth-order valence-electron chi connectivity index (χ4n) is 0.949. The average molecular weight is 203 g/mol. The summed E-state index contributed by atoms with van der Waals surface area (Å²) in [6.45, 7) is 3.14. The number of hydrogen-bond donors (Lipinski definition) is 0. The van der Waals surface area contributed by atoms with Gasteiger partial charge in [-0.05, 0) is 0 Å². The summed E-state index contributed by atoms with van der Waals surface area (Å²) < 4.78 is 2.16. The Morgan fingerprint density at radius 3 is 3.10 bits per heavy atom. The van der Waals surface area contributed by atoms with E-state index in [-0.39, 0.29) is 0 Å². The van der Waals surface area contributed by atoms with Crippen molar-refractivity contribution in [2.24, 2.45) is 0 Å². The molecule has 0 N–H and O–H groups in total. The topological polar surface area (TPSA) is 17.8 Å². The molecule has 1 aromatic rings. The molecule has 0 unspecified atom stereocenters. The molecule has 0 amide bonds. The van der Waals surface area contributed by atoms with E-state index >= 15 is 0 Å². The molecule has 1 heterocycles. The summed E-state index contributed by atoms with van der Waals surface area (Å²) in [6.07, 6.45) is 4.88. The van der Waals surface area contributed by atoms with E-state index in [1.54, 1.807) is 0 Å². The number of hydrogen-bond acceptors (Lipinski definition) is 1. The highest BCUT2D eigenvalue weighted by atomic mass is 79.9. The van der Waals surface area contributed by atoms with Gasteiger partial charge in [-0.3, -0.25) is 0 Å². The van der Waals surface area contributed by atoms with Crippen LogP contribution in [0.5, 0.6) is 0 Å². The molecule has 0 bridgehead atoms. The van der Waals surface area contributed by atoms with Gasteiger partial charge in [0.1, 0.15) is 5.82 Å². The summed E-state index contributed by atoms with van der Waals surface area (Å²) in [5.41, 5.74) is 0. The molecule has 1 rings (SSSR count). The summed E-state index contributed by atoms with van der Waals surface area (Å²) in [5.74, 6) is 1.17. The molecular weight excluding hydrogens is 192 g/mol. The monoisotopic (exact) mass is 202 g/mol. The molecule has 0 aromatic carbocycles. The van der Waals surface area contributed by atoms with Crippen LogP contribution in [-0.4, -0.2) is 14.9 Å². The lowest BCUT2D eigenvalue weighted by Gasteiger charge is -2.01. The van der Waals surface area contributed by atoms with Gasteiger partial charge in [-0.15, -0.1) is 0 Å². The largest absolute Gasteiger partial charge is 0.334 e. The third kappa shape index (κ3) is 1.59. The zero-order chi connectivity index (χ0) is 7.40. The predicted molar refractivity (Wildman–Crippen MR) is 45.4 cm³/mol. The van der Waals surface area contributed by atoms with Crippen LogP contribution in [0.15, 0.2) is 12.4 Å². The van der Waals surface area contributed by atoms with Crippen LogP contribution in [0, 0.1) is 0 Å². The molecule has 0 atom stereocenters. The Hall–Kier alpha value is -0.310. The number of aryl methyl sites for hydroxylation is 2. The molecule has 0 saturated heterocycles. The predicted octanol–water partition coefficient (Wildman–Crippen LogP) is 1.84. The first-order chi connectivity index (χ1) is 4.88. The number of imidazole rings is 1. The molecule has 10 heavy (non-hydrogen) atoms. The van der Waals surface area contributed by atoms with Crippen molar-refractivity contribution in [1.82, 2.24) is 9.55 Å². The van der Waals surface area contributed by atoms with Gasteiger partial charge in [0.05, 0.1) is 0 Å². The van der Waals surface area contributed by atoms with Crippen molar-refractivity contribution in [2.45, 2.75) is 19.9 Å². The van der Waals surface area contributed by atoms with E-state index < -0.39 is 0 Å². The van der Waals surface area contributed by atoms with Crippen LogP contribution < -0.4 is 0 Å².